The van der Waals surface area contributed by atoms with Crippen molar-refractivity contribution in [2.24, 2.45) is 0 Å². The summed E-state index contributed by atoms with van der Waals surface area (Å²) in [6, 6.07) is 18.6. The molecule has 0 spiro atoms. The molecule has 0 aliphatic heterocycles. The van der Waals surface area contributed by atoms with Crippen molar-refractivity contribution in [3.05, 3.63) is 71.6 Å². The Labute approximate surface area is 172 Å². The lowest BCUT2D eigenvalue weighted by Crippen LogP contribution is -2.07. The Hall–Kier alpha value is -2.70. The summed E-state index contributed by atoms with van der Waals surface area (Å²) in [5.41, 5.74) is 4.18. The third-order valence-corrected chi connectivity index (χ3v) is 5.12. The fraction of sp³-hybridized carbons (Fsp3) is 0.182. The Bertz CT molecular complexity index is 1060. The number of fused-ring (bicyclic) bond motifs is 1. The highest BCUT2D eigenvalue weighted by Crippen LogP contribution is 2.35. The lowest BCUT2D eigenvalue weighted by Gasteiger charge is -2.08. The zero-order valence-corrected chi connectivity index (χ0v) is 17.2. The van der Waals surface area contributed by atoms with Gasteiger partial charge in [0.15, 0.2) is 5.65 Å². The first-order valence-electron chi connectivity index (χ1n) is 9.18. The van der Waals surface area contributed by atoms with Crippen molar-refractivity contribution in [3.8, 4) is 16.8 Å². The molecule has 4 aromatic rings. The van der Waals surface area contributed by atoms with Crippen LogP contribution in [0.1, 0.15) is 6.42 Å². The van der Waals surface area contributed by atoms with E-state index in [0.717, 1.165) is 51.1 Å². The standard InChI is InChI=1S/C22H21BrN4O/c1-28-13-5-12-24-21-20-19(16-6-3-2-4-7-16)14-27(22(20)26-15-25-21)18-10-8-17(23)9-11-18/h2-4,6-11,14-15H,5,12-13H2,1H3,(H,24,25,26). The van der Waals surface area contributed by atoms with E-state index in [0.29, 0.717) is 6.61 Å². The second-order valence-corrected chi connectivity index (χ2v) is 7.36. The summed E-state index contributed by atoms with van der Waals surface area (Å²) in [5.74, 6) is 0.843. The number of nitrogens with zero attached hydrogens (tertiary/aromatic N) is 3. The minimum absolute atomic E-state index is 0.715. The van der Waals surface area contributed by atoms with E-state index in [9.17, 15) is 0 Å². The molecule has 2 aromatic heterocycles. The van der Waals surface area contributed by atoms with E-state index in [1.807, 2.05) is 30.3 Å². The summed E-state index contributed by atoms with van der Waals surface area (Å²) in [5, 5.41) is 4.48. The van der Waals surface area contributed by atoms with Gasteiger partial charge in [0, 0.05) is 42.2 Å². The predicted octanol–water partition coefficient (Wildman–Crippen LogP) is 5.30. The molecule has 6 heteroatoms. The number of methoxy groups -OCH3 is 1. The van der Waals surface area contributed by atoms with Crippen molar-refractivity contribution in [1.82, 2.24) is 14.5 Å². The lowest BCUT2D eigenvalue weighted by atomic mass is 10.1. The van der Waals surface area contributed by atoms with Gasteiger partial charge in [0.05, 0.1) is 5.39 Å². The van der Waals surface area contributed by atoms with Gasteiger partial charge in [-0.15, -0.1) is 0 Å². The molecular weight excluding hydrogens is 416 g/mol. The van der Waals surface area contributed by atoms with Crippen LogP contribution in [0.5, 0.6) is 0 Å². The number of anilines is 1. The molecule has 0 aliphatic rings. The van der Waals surface area contributed by atoms with Crippen LogP contribution >= 0.6 is 15.9 Å². The number of ether oxygens (including phenoxy) is 1. The van der Waals surface area contributed by atoms with Crippen LogP contribution in [0, 0.1) is 0 Å². The summed E-state index contributed by atoms with van der Waals surface area (Å²) >= 11 is 3.51. The number of nitrogens with one attached hydrogen (secondary N) is 1. The van der Waals surface area contributed by atoms with E-state index >= 15 is 0 Å². The minimum atomic E-state index is 0.715. The van der Waals surface area contributed by atoms with Gasteiger partial charge in [-0.3, -0.25) is 0 Å². The molecule has 28 heavy (non-hydrogen) atoms. The topological polar surface area (TPSA) is 52.0 Å². The Morgan fingerprint density at radius 2 is 1.82 bits per heavy atom. The predicted molar refractivity (Wildman–Crippen MR) is 117 cm³/mol. The molecule has 142 valence electrons. The average Bonchev–Trinajstić information content (AvgIpc) is 3.13. The highest BCUT2D eigenvalue weighted by Gasteiger charge is 2.17. The van der Waals surface area contributed by atoms with Crippen LogP contribution in [0.2, 0.25) is 0 Å². The molecule has 0 aliphatic carbocycles. The quantitative estimate of drug-likeness (QED) is 0.399. The molecule has 0 atom stereocenters. The van der Waals surface area contributed by atoms with Crippen LogP contribution < -0.4 is 5.32 Å². The molecule has 0 bridgehead atoms. The molecule has 2 heterocycles. The number of hydrogen-bond donors (Lipinski definition) is 1. The van der Waals surface area contributed by atoms with Crippen molar-refractivity contribution >= 4 is 32.8 Å². The van der Waals surface area contributed by atoms with E-state index in [2.05, 4.69) is 66.2 Å². The molecule has 2 aromatic carbocycles. The molecule has 0 fully saturated rings. The average molecular weight is 437 g/mol. The van der Waals surface area contributed by atoms with Gasteiger partial charge in [0.25, 0.3) is 0 Å². The lowest BCUT2D eigenvalue weighted by molar-refractivity contribution is 0.198. The normalized spacial score (nSPS) is 11.1. The maximum atomic E-state index is 5.15. The molecule has 1 N–H and O–H groups in total. The first-order chi connectivity index (χ1) is 13.8. The van der Waals surface area contributed by atoms with Crippen molar-refractivity contribution in [3.63, 3.8) is 0 Å². The van der Waals surface area contributed by atoms with Crippen LogP contribution in [0.3, 0.4) is 0 Å². The van der Waals surface area contributed by atoms with Crippen LogP contribution in [0.15, 0.2) is 71.6 Å². The molecule has 0 saturated heterocycles. The monoisotopic (exact) mass is 436 g/mol. The van der Waals surface area contributed by atoms with E-state index in [-0.39, 0.29) is 0 Å². The summed E-state index contributed by atoms with van der Waals surface area (Å²) in [6.07, 6.45) is 4.67. The third kappa shape index (κ3) is 3.79. The van der Waals surface area contributed by atoms with Crippen molar-refractivity contribution in [2.75, 3.05) is 25.6 Å². The fourth-order valence-corrected chi connectivity index (χ4v) is 3.52. The SMILES string of the molecule is COCCCNc1ncnc2c1c(-c1ccccc1)cn2-c1ccc(Br)cc1. The highest BCUT2D eigenvalue weighted by atomic mass is 79.9. The van der Waals surface area contributed by atoms with Crippen LogP contribution in [-0.2, 0) is 4.74 Å². The van der Waals surface area contributed by atoms with Crippen molar-refractivity contribution < 1.29 is 4.74 Å². The molecule has 4 rings (SSSR count). The zero-order valence-electron chi connectivity index (χ0n) is 15.6. The Balaban J connectivity index is 1.86. The second-order valence-electron chi connectivity index (χ2n) is 6.45. The van der Waals surface area contributed by atoms with Crippen LogP contribution in [0.4, 0.5) is 5.82 Å². The first kappa shape index (κ1) is 18.7. The van der Waals surface area contributed by atoms with Crippen LogP contribution in [0.25, 0.3) is 27.8 Å². The van der Waals surface area contributed by atoms with Gasteiger partial charge in [-0.25, -0.2) is 9.97 Å². The van der Waals surface area contributed by atoms with E-state index in [1.54, 1.807) is 13.4 Å². The molecule has 0 saturated carbocycles. The van der Waals surface area contributed by atoms with Crippen LogP contribution in [-0.4, -0.2) is 34.8 Å². The zero-order chi connectivity index (χ0) is 19.3. The van der Waals surface area contributed by atoms with Gasteiger partial charge in [-0.2, -0.15) is 0 Å². The molecule has 0 unspecified atom stereocenters. The first-order valence-corrected chi connectivity index (χ1v) is 9.97. The molecule has 5 nitrogen and oxygen atoms in total. The molecule has 0 radical (unpaired) electrons. The highest BCUT2D eigenvalue weighted by molar-refractivity contribution is 9.10. The largest absolute Gasteiger partial charge is 0.385 e. The third-order valence-electron chi connectivity index (χ3n) is 4.59. The Morgan fingerprint density at radius 3 is 2.57 bits per heavy atom. The van der Waals surface area contributed by atoms with E-state index in [4.69, 9.17) is 4.74 Å². The maximum Gasteiger partial charge on any atom is 0.150 e. The number of benzene rings is 2. The van der Waals surface area contributed by atoms with Gasteiger partial charge >= 0.3 is 0 Å². The Kier molecular flexibility index (Phi) is 5.69. The second kappa shape index (κ2) is 8.54. The van der Waals surface area contributed by atoms with E-state index < -0.39 is 0 Å². The maximum absolute atomic E-state index is 5.15. The molecular formula is C22H21BrN4O. The number of hydrogen-bond acceptors (Lipinski definition) is 4. The van der Waals surface area contributed by atoms with Gasteiger partial charge in [0.2, 0.25) is 0 Å². The van der Waals surface area contributed by atoms with Gasteiger partial charge in [-0.1, -0.05) is 46.3 Å². The number of halogens is 1. The van der Waals surface area contributed by atoms with E-state index in [1.165, 1.54) is 0 Å². The molecule has 0 amide bonds. The smallest absolute Gasteiger partial charge is 0.150 e. The summed E-state index contributed by atoms with van der Waals surface area (Å²) in [6.45, 7) is 1.50. The summed E-state index contributed by atoms with van der Waals surface area (Å²) in [4.78, 5) is 9.13. The summed E-state index contributed by atoms with van der Waals surface area (Å²) < 4.78 is 8.32. The van der Waals surface area contributed by atoms with Gasteiger partial charge in [0.1, 0.15) is 12.1 Å². The fourth-order valence-electron chi connectivity index (χ4n) is 3.25. The Morgan fingerprint density at radius 1 is 1.04 bits per heavy atom. The summed E-state index contributed by atoms with van der Waals surface area (Å²) in [7, 11) is 1.72. The minimum Gasteiger partial charge on any atom is -0.385 e. The van der Waals surface area contributed by atoms with Gasteiger partial charge in [-0.05, 0) is 36.2 Å². The van der Waals surface area contributed by atoms with Crippen molar-refractivity contribution in [2.45, 2.75) is 6.42 Å². The van der Waals surface area contributed by atoms with Crippen molar-refractivity contribution in [1.29, 1.82) is 0 Å². The number of rotatable bonds is 7. The van der Waals surface area contributed by atoms with Gasteiger partial charge < -0.3 is 14.6 Å². The number of aromatic nitrogens is 3.